The lowest BCUT2D eigenvalue weighted by atomic mass is 10.2. The van der Waals surface area contributed by atoms with Crippen molar-refractivity contribution in [2.24, 2.45) is 0 Å². The molecular weight excluding hydrogens is 448 g/mol. The summed E-state index contributed by atoms with van der Waals surface area (Å²) in [5.74, 6) is 0.958. The van der Waals surface area contributed by atoms with Gasteiger partial charge >= 0.3 is 0 Å². The van der Waals surface area contributed by atoms with E-state index in [1.54, 1.807) is 43.3 Å². The Hall–Kier alpha value is -3.03. The molecule has 0 aliphatic carbocycles. The van der Waals surface area contributed by atoms with Gasteiger partial charge < -0.3 is 10.1 Å². The summed E-state index contributed by atoms with van der Waals surface area (Å²) in [5.41, 5.74) is 1.74. The van der Waals surface area contributed by atoms with Crippen molar-refractivity contribution in [3.63, 3.8) is 0 Å². The molecule has 168 valence electrons. The molecule has 0 bridgehead atoms. The number of sulfonamides is 1. The highest BCUT2D eigenvalue weighted by Crippen LogP contribution is 2.30. The Kier molecular flexibility index (Phi) is 7.77. The van der Waals surface area contributed by atoms with Gasteiger partial charge in [-0.05, 0) is 55.3 Å². The average molecular weight is 473 g/mol. The molecule has 0 saturated carbocycles. The molecule has 0 spiro atoms. The number of carbonyl (C=O) groups is 1. The number of nitrogens with zero attached hydrogens (tertiary/aromatic N) is 1. The van der Waals surface area contributed by atoms with E-state index in [1.165, 1.54) is 4.31 Å². The molecule has 0 aliphatic heterocycles. The summed E-state index contributed by atoms with van der Waals surface area (Å²) in [6.45, 7) is 1.93. The van der Waals surface area contributed by atoms with Crippen LogP contribution in [0.25, 0.3) is 0 Å². The highest BCUT2D eigenvalue weighted by Gasteiger charge is 2.20. The van der Waals surface area contributed by atoms with Gasteiger partial charge in [-0.1, -0.05) is 48.0 Å². The van der Waals surface area contributed by atoms with E-state index >= 15 is 0 Å². The standard InChI is InChI=1S/C24H25ClN2O4S/c1-18-20(25)12-8-14-22(18)27(32(2,29)30)17-9-16-24(28)26-21-13-6-7-15-23(21)31-19-10-4-3-5-11-19/h3-8,10-15H,9,16-17H2,1-2H3,(H,26,28). The zero-order valence-electron chi connectivity index (χ0n) is 17.9. The van der Waals surface area contributed by atoms with Crippen LogP contribution in [0.1, 0.15) is 18.4 Å². The monoisotopic (exact) mass is 472 g/mol. The number of nitrogens with one attached hydrogen (secondary N) is 1. The summed E-state index contributed by atoms with van der Waals surface area (Å²) >= 11 is 6.16. The van der Waals surface area contributed by atoms with Crippen molar-refractivity contribution in [3.05, 3.63) is 83.4 Å². The Morgan fingerprint density at radius 3 is 2.41 bits per heavy atom. The van der Waals surface area contributed by atoms with Gasteiger partial charge in [-0.15, -0.1) is 0 Å². The summed E-state index contributed by atoms with van der Waals surface area (Å²) in [6.07, 6.45) is 1.63. The number of benzene rings is 3. The van der Waals surface area contributed by atoms with Crippen LogP contribution >= 0.6 is 11.6 Å². The molecule has 1 N–H and O–H groups in total. The predicted molar refractivity (Wildman–Crippen MR) is 129 cm³/mol. The fourth-order valence-electron chi connectivity index (χ4n) is 3.20. The van der Waals surface area contributed by atoms with Gasteiger partial charge in [0.25, 0.3) is 0 Å². The Bertz CT molecular complexity index is 1180. The van der Waals surface area contributed by atoms with E-state index in [-0.39, 0.29) is 18.9 Å². The van der Waals surface area contributed by atoms with Crippen LogP contribution in [-0.2, 0) is 14.8 Å². The lowest BCUT2D eigenvalue weighted by Gasteiger charge is -2.24. The minimum Gasteiger partial charge on any atom is -0.455 e. The van der Waals surface area contributed by atoms with Crippen LogP contribution in [0.4, 0.5) is 11.4 Å². The number of hydrogen-bond acceptors (Lipinski definition) is 4. The minimum absolute atomic E-state index is 0.144. The molecule has 8 heteroatoms. The van der Waals surface area contributed by atoms with Crippen molar-refractivity contribution in [1.82, 2.24) is 0 Å². The molecule has 0 fully saturated rings. The first-order chi connectivity index (χ1) is 15.3. The Morgan fingerprint density at radius 2 is 1.69 bits per heavy atom. The number of ether oxygens (including phenoxy) is 1. The quantitative estimate of drug-likeness (QED) is 0.438. The third-order valence-electron chi connectivity index (χ3n) is 4.81. The van der Waals surface area contributed by atoms with Gasteiger partial charge in [-0.25, -0.2) is 8.42 Å². The molecule has 0 aromatic heterocycles. The van der Waals surface area contributed by atoms with Gasteiger partial charge in [0.05, 0.1) is 17.6 Å². The number of hydrogen-bond donors (Lipinski definition) is 1. The molecule has 1 amide bonds. The number of amides is 1. The maximum atomic E-state index is 12.6. The third-order valence-corrected chi connectivity index (χ3v) is 6.39. The van der Waals surface area contributed by atoms with E-state index in [2.05, 4.69) is 5.32 Å². The molecule has 0 saturated heterocycles. The average Bonchev–Trinajstić information content (AvgIpc) is 2.75. The summed E-state index contributed by atoms with van der Waals surface area (Å²) in [7, 11) is -3.53. The molecule has 3 aromatic rings. The van der Waals surface area contributed by atoms with E-state index in [9.17, 15) is 13.2 Å². The van der Waals surface area contributed by atoms with Gasteiger partial charge in [-0.2, -0.15) is 0 Å². The van der Waals surface area contributed by atoms with Crippen molar-refractivity contribution in [3.8, 4) is 11.5 Å². The van der Waals surface area contributed by atoms with Crippen molar-refractivity contribution >= 4 is 38.9 Å². The highest BCUT2D eigenvalue weighted by molar-refractivity contribution is 7.92. The summed E-state index contributed by atoms with van der Waals surface area (Å²) < 4.78 is 31.8. The molecular formula is C24H25ClN2O4S. The maximum absolute atomic E-state index is 12.6. The van der Waals surface area contributed by atoms with Crippen LogP contribution in [0.3, 0.4) is 0 Å². The number of rotatable bonds is 9. The zero-order chi connectivity index (χ0) is 23.1. The first-order valence-corrected chi connectivity index (χ1v) is 12.3. The fraction of sp³-hybridized carbons (Fsp3) is 0.208. The van der Waals surface area contributed by atoms with Crippen LogP contribution in [0.5, 0.6) is 11.5 Å². The van der Waals surface area contributed by atoms with Gasteiger partial charge in [0, 0.05) is 18.0 Å². The first kappa shape index (κ1) is 23.6. The molecule has 0 atom stereocenters. The van der Waals surface area contributed by atoms with Crippen LogP contribution in [0, 0.1) is 6.92 Å². The van der Waals surface area contributed by atoms with E-state index in [4.69, 9.17) is 16.3 Å². The van der Waals surface area contributed by atoms with Crippen molar-refractivity contribution in [1.29, 1.82) is 0 Å². The molecule has 0 heterocycles. The van der Waals surface area contributed by atoms with Crippen LogP contribution in [-0.4, -0.2) is 27.1 Å². The number of para-hydroxylation sites is 3. The second-order valence-electron chi connectivity index (χ2n) is 7.28. The molecule has 32 heavy (non-hydrogen) atoms. The summed E-state index contributed by atoms with van der Waals surface area (Å²) in [4.78, 5) is 12.6. The van der Waals surface area contributed by atoms with Gasteiger partial charge in [-0.3, -0.25) is 9.10 Å². The largest absolute Gasteiger partial charge is 0.455 e. The lowest BCUT2D eigenvalue weighted by molar-refractivity contribution is -0.116. The normalized spacial score (nSPS) is 11.1. The third kappa shape index (κ3) is 6.24. The number of halogens is 1. The predicted octanol–water partition coefficient (Wildman–Crippen LogP) is 5.63. The van der Waals surface area contributed by atoms with Crippen molar-refractivity contribution < 1.29 is 17.9 Å². The molecule has 0 radical (unpaired) electrons. The van der Waals surface area contributed by atoms with Crippen LogP contribution in [0.15, 0.2) is 72.8 Å². The molecule has 6 nitrogen and oxygen atoms in total. The highest BCUT2D eigenvalue weighted by atomic mass is 35.5. The van der Waals surface area contributed by atoms with Gasteiger partial charge in [0.1, 0.15) is 5.75 Å². The lowest BCUT2D eigenvalue weighted by Crippen LogP contribution is -2.32. The maximum Gasteiger partial charge on any atom is 0.232 e. The Balaban J connectivity index is 1.64. The van der Waals surface area contributed by atoms with Crippen LogP contribution in [0.2, 0.25) is 5.02 Å². The van der Waals surface area contributed by atoms with Crippen molar-refractivity contribution in [2.75, 3.05) is 22.4 Å². The second kappa shape index (κ2) is 10.5. The summed E-state index contributed by atoms with van der Waals surface area (Å²) in [6, 6.07) is 21.6. The molecule has 3 rings (SSSR count). The van der Waals surface area contributed by atoms with E-state index < -0.39 is 10.0 Å². The SMILES string of the molecule is Cc1c(Cl)cccc1N(CCCC(=O)Nc1ccccc1Oc1ccccc1)S(C)(=O)=O. The van der Waals surface area contributed by atoms with Gasteiger partial charge in [0.2, 0.25) is 15.9 Å². The minimum atomic E-state index is -3.53. The number of anilines is 2. The molecule has 0 unspecified atom stereocenters. The number of carbonyl (C=O) groups excluding carboxylic acids is 1. The van der Waals surface area contributed by atoms with E-state index in [0.717, 1.165) is 6.26 Å². The zero-order valence-corrected chi connectivity index (χ0v) is 19.5. The van der Waals surface area contributed by atoms with Crippen LogP contribution < -0.4 is 14.4 Å². The Morgan fingerprint density at radius 1 is 1.00 bits per heavy atom. The van der Waals surface area contributed by atoms with E-state index in [0.29, 0.717) is 39.9 Å². The first-order valence-electron chi connectivity index (χ1n) is 10.1. The summed E-state index contributed by atoms with van der Waals surface area (Å²) in [5, 5.41) is 3.34. The van der Waals surface area contributed by atoms with Crippen molar-refractivity contribution in [2.45, 2.75) is 19.8 Å². The second-order valence-corrected chi connectivity index (χ2v) is 9.60. The van der Waals surface area contributed by atoms with Gasteiger partial charge in [0.15, 0.2) is 5.75 Å². The fourth-order valence-corrected chi connectivity index (χ4v) is 4.39. The topological polar surface area (TPSA) is 75.7 Å². The Labute approximate surface area is 193 Å². The molecule has 0 aliphatic rings. The smallest absolute Gasteiger partial charge is 0.232 e. The molecule has 3 aromatic carbocycles. The van der Waals surface area contributed by atoms with E-state index in [1.807, 2.05) is 36.4 Å².